The molecule has 0 fully saturated rings. The molecule has 1 aromatic heterocycles. The topological polar surface area (TPSA) is 65.7 Å². The molecule has 0 radical (unpaired) electrons. The van der Waals surface area contributed by atoms with Crippen LogP contribution < -0.4 is 10.4 Å². The monoisotopic (exact) mass is 400 g/mol. The van der Waals surface area contributed by atoms with Crippen LogP contribution in [0.4, 0.5) is 0 Å². The van der Waals surface area contributed by atoms with Crippen molar-refractivity contribution in [2.24, 2.45) is 0 Å². The van der Waals surface area contributed by atoms with Crippen molar-refractivity contribution < 1.29 is 18.7 Å². The van der Waals surface area contributed by atoms with E-state index < -0.39 is 5.63 Å². The molecule has 0 N–H and O–H groups in total. The molecule has 150 valence electrons. The van der Waals surface area contributed by atoms with Crippen LogP contribution in [-0.4, -0.2) is 12.9 Å². The maximum atomic E-state index is 12.7. The van der Waals surface area contributed by atoms with Crippen LogP contribution in [0.3, 0.4) is 0 Å². The highest BCUT2D eigenvalue weighted by Gasteiger charge is 2.34. The van der Waals surface area contributed by atoms with Crippen LogP contribution in [0.15, 0.2) is 81.2 Å². The average molecular weight is 400 g/mol. The minimum absolute atomic E-state index is 0.0953. The van der Waals surface area contributed by atoms with Gasteiger partial charge in [-0.1, -0.05) is 30.3 Å². The number of rotatable bonds is 3. The lowest BCUT2D eigenvalue weighted by Gasteiger charge is -2.30. The van der Waals surface area contributed by atoms with E-state index in [2.05, 4.69) is 0 Å². The van der Waals surface area contributed by atoms with Crippen LogP contribution in [-0.2, 0) is 9.53 Å². The van der Waals surface area contributed by atoms with E-state index in [0.717, 1.165) is 23.1 Å². The van der Waals surface area contributed by atoms with Gasteiger partial charge in [0.25, 0.3) is 0 Å². The summed E-state index contributed by atoms with van der Waals surface area (Å²) in [5, 5.41) is 0.817. The zero-order valence-corrected chi connectivity index (χ0v) is 16.5. The molecule has 2 aliphatic rings. The standard InChI is InChI=1S/C25H20O5/c1-28-17-11-9-15(10-12-17)18-14-23(29-22-8-4-6-20(26)24(18)22)19-13-16-5-2-3-7-21(16)30-25(19)27/h2-3,5,7,9-14,18H,4,6,8H2,1H3. The fourth-order valence-corrected chi connectivity index (χ4v) is 4.14. The van der Waals surface area contributed by atoms with Crippen LogP contribution in [0, 0.1) is 0 Å². The number of carbonyl (C=O) groups is 1. The molecule has 2 heterocycles. The summed E-state index contributed by atoms with van der Waals surface area (Å²) < 4.78 is 16.9. The first-order chi connectivity index (χ1) is 14.6. The molecule has 5 rings (SSSR count). The summed E-state index contributed by atoms with van der Waals surface area (Å²) in [4.78, 5) is 25.4. The number of allylic oxidation sites excluding steroid dienone is 3. The van der Waals surface area contributed by atoms with Crippen LogP contribution in [0.1, 0.15) is 36.3 Å². The number of Topliss-reactive ketones (excluding diaryl/α,β-unsaturated/α-hetero) is 1. The van der Waals surface area contributed by atoms with E-state index in [1.165, 1.54) is 0 Å². The SMILES string of the molecule is COc1ccc(C2C=C(c3cc4ccccc4oc3=O)OC3=C2C(=O)CCC3)cc1. The summed E-state index contributed by atoms with van der Waals surface area (Å²) in [6.45, 7) is 0. The molecule has 0 bridgehead atoms. The van der Waals surface area contributed by atoms with E-state index in [0.29, 0.717) is 41.1 Å². The Kier molecular flexibility index (Phi) is 4.51. The number of hydrogen-bond donors (Lipinski definition) is 0. The van der Waals surface area contributed by atoms with E-state index in [1.807, 2.05) is 48.5 Å². The summed E-state index contributed by atoms with van der Waals surface area (Å²) in [6.07, 6.45) is 3.78. The Morgan fingerprint density at radius 2 is 1.80 bits per heavy atom. The second-order valence-corrected chi connectivity index (χ2v) is 7.48. The van der Waals surface area contributed by atoms with E-state index in [9.17, 15) is 9.59 Å². The van der Waals surface area contributed by atoms with Gasteiger partial charge in [0.1, 0.15) is 28.4 Å². The van der Waals surface area contributed by atoms with Gasteiger partial charge in [-0.05, 0) is 42.3 Å². The van der Waals surface area contributed by atoms with Gasteiger partial charge in [-0.15, -0.1) is 0 Å². The van der Waals surface area contributed by atoms with Gasteiger partial charge < -0.3 is 13.9 Å². The zero-order chi connectivity index (χ0) is 20.7. The Bertz CT molecular complexity index is 1260. The predicted molar refractivity (Wildman–Crippen MR) is 113 cm³/mol. The summed E-state index contributed by atoms with van der Waals surface area (Å²) in [5.74, 6) is 1.64. The Balaban J connectivity index is 1.65. The highest BCUT2D eigenvalue weighted by atomic mass is 16.5. The van der Waals surface area contributed by atoms with Crippen molar-refractivity contribution in [1.29, 1.82) is 0 Å². The van der Waals surface area contributed by atoms with Crippen LogP contribution in [0.5, 0.6) is 5.75 Å². The second kappa shape index (κ2) is 7.34. The van der Waals surface area contributed by atoms with Crippen molar-refractivity contribution in [2.45, 2.75) is 25.2 Å². The molecule has 1 aliphatic carbocycles. The van der Waals surface area contributed by atoms with Crippen LogP contribution >= 0.6 is 0 Å². The molecule has 30 heavy (non-hydrogen) atoms. The molecule has 5 heteroatoms. The van der Waals surface area contributed by atoms with E-state index in [1.54, 1.807) is 19.2 Å². The summed E-state index contributed by atoms with van der Waals surface area (Å²) >= 11 is 0. The number of fused-ring (bicyclic) bond motifs is 1. The summed E-state index contributed by atoms with van der Waals surface area (Å²) in [5.41, 5.74) is 2.06. The van der Waals surface area contributed by atoms with Gasteiger partial charge in [0, 0.05) is 29.7 Å². The largest absolute Gasteiger partial charge is 0.497 e. The number of ketones is 1. The third-order valence-corrected chi connectivity index (χ3v) is 5.65. The first-order valence-corrected chi connectivity index (χ1v) is 9.97. The molecule has 1 aliphatic heterocycles. The Labute approximate surface area is 173 Å². The smallest absolute Gasteiger partial charge is 0.347 e. The van der Waals surface area contributed by atoms with E-state index in [-0.39, 0.29) is 11.7 Å². The van der Waals surface area contributed by atoms with Gasteiger partial charge in [0.05, 0.1) is 7.11 Å². The molecular weight excluding hydrogens is 380 g/mol. The molecule has 0 saturated carbocycles. The van der Waals surface area contributed by atoms with Gasteiger partial charge >= 0.3 is 5.63 Å². The maximum Gasteiger partial charge on any atom is 0.347 e. The quantitative estimate of drug-likeness (QED) is 0.581. The molecule has 0 spiro atoms. The fourth-order valence-electron chi connectivity index (χ4n) is 4.14. The molecule has 3 aromatic rings. The Morgan fingerprint density at radius 3 is 2.60 bits per heavy atom. The minimum atomic E-state index is -0.459. The number of para-hydroxylation sites is 1. The Hall–Kier alpha value is -3.60. The average Bonchev–Trinajstić information content (AvgIpc) is 2.78. The van der Waals surface area contributed by atoms with Crippen molar-refractivity contribution in [3.8, 4) is 5.75 Å². The van der Waals surface area contributed by atoms with Crippen molar-refractivity contribution in [2.75, 3.05) is 7.11 Å². The number of hydrogen-bond acceptors (Lipinski definition) is 5. The minimum Gasteiger partial charge on any atom is -0.497 e. The first kappa shape index (κ1) is 18.4. The third-order valence-electron chi connectivity index (χ3n) is 5.65. The van der Waals surface area contributed by atoms with Gasteiger partial charge in [-0.25, -0.2) is 4.79 Å². The lowest BCUT2D eigenvalue weighted by molar-refractivity contribution is -0.116. The molecule has 5 nitrogen and oxygen atoms in total. The molecule has 1 unspecified atom stereocenters. The number of methoxy groups -OCH3 is 1. The van der Waals surface area contributed by atoms with Gasteiger partial charge in [0.15, 0.2) is 5.78 Å². The Morgan fingerprint density at radius 1 is 1.00 bits per heavy atom. The van der Waals surface area contributed by atoms with E-state index in [4.69, 9.17) is 13.9 Å². The van der Waals surface area contributed by atoms with E-state index >= 15 is 0 Å². The molecule has 0 amide bonds. The third kappa shape index (κ3) is 3.12. The summed E-state index contributed by atoms with van der Waals surface area (Å²) in [6, 6.07) is 16.8. The fraction of sp³-hybridized carbons (Fsp3) is 0.200. The van der Waals surface area contributed by atoms with Gasteiger partial charge in [0.2, 0.25) is 0 Å². The summed E-state index contributed by atoms with van der Waals surface area (Å²) in [7, 11) is 1.62. The number of ether oxygens (including phenoxy) is 2. The molecular formula is C25H20O5. The lowest BCUT2D eigenvalue weighted by atomic mass is 9.80. The van der Waals surface area contributed by atoms with Crippen LogP contribution in [0.2, 0.25) is 0 Å². The van der Waals surface area contributed by atoms with Crippen LogP contribution in [0.25, 0.3) is 16.7 Å². The zero-order valence-electron chi connectivity index (χ0n) is 16.5. The highest BCUT2D eigenvalue weighted by molar-refractivity contribution is 5.99. The highest BCUT2D eigenvalue weighted by Crippen LogP contribution is 2.42. The predicted octanol–water partition coefficient (Wildman–Crippen LogP) is 4.96. The second-order valence-electron chi connectivity index (χ2n) is 7.48. The maximum absolute atomic E-state index is 12.7. The van der Waals surface area contributed by atoms with Crippen molar-refractivity contribution >= 4 is 22.5 Å². The normalized spacial score (nSPS) is 18.6. The molecule has 1 atom stereocenters. The van der Waals surface area contributed by atoms with Crippen molar-refractivity contribution in [3.05, 3.63) is 93.6 Å². The molecule has 0 saturated heterocycles. The first-order valence-electron chi connectivity index (χ1n) is 9.97. The number of carbonyl (C=O) groups excluding carboxylic acids is 1. The van der Waals surface area contributed by atoms with Crippen molar-refractivity contribution in [1.82, 2.24) is 0 Å². The number of benzene rings is 2. The lowest BCUT2D eigenvalue weighted by Crippen LogP contribution is -2.23. The van der Waals surface area contributed by atoms with Crippen molar-refractivity contribution in [3.63, 3.8) is 0 Å². The van der Waals surface area contributed by atoms with Gasteiger partial charge in [-0.3, -0.25) is 4.79 Å². The molecule has 2 aromatic carbocycles. The van der Waals surface area contributed by atoms with Gasteiger partial charge in [-0.2, -0.15) is 0 Å².